The van der Waals surface area contributed by atoms with Crippen molar-refractivity contribution in [1.82, 2.24) is 4.90 Å². The van der Waals surface area contributed by atoms with Crippen LogP contribution in [-0.2, 0) is 4.79 Å². The second kappa shape index (κ2) is 7.93. The van der Waals surface area contributed by atoms with Crippen LogP contribution in [0.4, 0.5) is 0 Å². The van der Waals surface area contributed by atoms with Gasteiger partial charge in [-0.25, -0.2) is 0 Å². The van der Waals surface area contributed by atoms with Crippen LogP contribution >= 0.6 is 24.0 Å². The van der Waals surface area contributed by atoms with E-state index in [-0.39, 0.29) is 23.8 Å². The van der Waals surface area contributed by atoms with Gasteiger partial charge in [0.25, 0.3) is 0 Å². The third-order valence-corrected chi connectivity index (χ3v) is 3.89. The zero-order valence-electron chi connectivity index (χ0n) is 11.4. The molecule has 0 aromatic rings. The van der Waals surface area contributed by atoms with Gasteiger partial charge in [0.1, 0.15) is 0 Å². The first kappa shape index (κ1) is 16.7. The van der Waals surface area contributed by atoms with Crippen LogP contribution in [0.5, 0.6) is 0 Å². The normalized spacial score (nSPS) is 14.5. The van der Waals surface area contributed by atoms with Gasteiger partial charge in [-0.05, 0) is 31.3 Å². The van der Waals surface area contributed by atoms with Gasteiger partial charge in [0.2, 0.25) is 5.91 Å². The first-order valence-electron chi connectivity index (χ1n) is 5.87. The van der Waals surface area contributed by atoms with Gasteiger partial charge >= 0.3 is 0 Å². The Bertz CT molecular complexity index is 269. The molecule has 1 amide bonds. The zero-order chi connectivity index (χ0) is 13.6. The summed E-state index contributed by atoms with van der Waals surface area (Å²) in [6.07, 6.45) is 3.06. The Morgan fingerprint density at radius 1 is 1.41 bits per heavy atom. The van der Waals surface area contributed by atoms with Crippen molar-refractivity contribution >= 4 is 34.9 Å². The molecule has 2 atom stereocenters. The number of nitrogens with zero attached hydrogens (tertiary/aromatic N) is 1. The van der Waals surface area contributed by atoms with Crippen LogP contribution in [0.1, 0.15) is 27.2 Å². The molecule has 0 aromatic heterocycles. The van der Waals surface area contributed by atoms with Crippen molar-refractivity contribution in [1.29, 1.82) is 0 Å². The Hall–Kier alpha value is -0.290. The number of thiocarbonyl (C=S) groups is 1. The lowest BCUT2D eigenvalue weighted by atomic mass is 9.94. The molecule has 0 spiro atoms. The van der Waals surface area contributed by atoms with E-state index < -0.39 is 0 Å². The van der Waals surface area contributed by atoms with Crippen molar-refractivity contribution in [3.8, 4) is 0 Å². The van der Waals surface area contributed by atoms with Gasteiger partial charge in [-0.15, -0.1) is 0 Å². The number of rotatable bonds is 7. The Balaban J connectivity index is 4.60. The van der Waals surface area contributed by atoms with Gasteiger partial charge in [-0.3, -0.25) is 4.79 Å². The number of hydrogen-bond donors (Lipinski definition) is 1. The number of carbonyl (C=O) groups excluding carboxylic acids is 1. The molecule has 2 unspecified atom stereocenters. The average Bonchev–Trinajstić information content (AvgIpc) is 2.23. The van der Waals surface area contributed by atoms with Gasteiger partial charge in [0, 0.05) is 13.1 Å². The second-order valence-electron chi connectivity index (χ2n) is 4.70. The number of hydrogen-bond acceptors (Lipinski definition) is 3. The Morgan fingerprint density at radius 3 is 2.29 bits per heavy atom. The summed E-state index contributed by atoms with van der Waals surface area (Å²) in [7, 11) is 1.83. The number of nitrogens with two attached hydrogens (primary N) is 1. The van der Waals surface area contributed by atoms with Crippen LogP contribution in [0.2, 0.25) is 0 Å². The first-order chi connectivity index (χ1) is 7.82. The number of amides is 1. The highest BCUT2D eigenvalue weighted by Crippen LogP contribution is 2.17. The van der Waals surface area contributed by atoms with Crippen LogP contribution < -0.4 is 5.73 Å². The summed E-state index contributed by atoms with van der Waals surface area (Å²) in [5.74, 6) is 0.904. The molecule has 0 aliphatic carbocycles. The maximum atomic E-state index is 12.3. The molecule has 0 fully saturated rings. The molecule has 0 aliphatic heterocycles. The number of thioether (sulfide) groups is 1. The van der Waals surface area contributed by atoms with Gasteiger partial charge in [-0.2, -0.15) is 11.8 Å². The highest BCUT2D eigenvalue weighted by Gasteiger charge is 2.29. The van der Waals surface area contributed by atoms with Crippen molar-refractivity contribution in [3.05, 3.63) is 0 Å². The Labute approximate surface area is 114 Å². The van der Waals surface area contributed by atoms with Crippen molar-refractivity contribution < 1.29 is 4.79 Å². The maximum Gasteiger partial charge on any atom is 0.232 e. The Kier molecular flexibility index (Phi) is 7.79. The predicted octanol–water partition coefficient (Wildman–Crippen LogP) is 2.14. The van der Waals surface area contributed by atoms with Crippen LogP contribution in [0.15, 0.2) is 0 Å². The van der Waals surface area contributed by atoms with Crippen molar-refractivity contribution in [2.24, 2.45) is 17.6 Å². The highest BCUT2D eigenvalue weighted by atomic mass is 32.2. The fourth-order valence-corrected chi connectivity index (χ4v) is 2.60. The summed E-state index contributed by atoms with van der Waals surface area (Å²) in [5.41, 5.74) is 5.66. The van der Waals surface area contributed by atoms with E-state index in [1.54, 1.807) is 16.7 Å². The largest absolute Gasteiger partial charge is 0.393 e. The highest BCUT2D eigenvalue weighted by molar-refractivity contribution is 7.98. The summed E-state index contributed by atoms with van der Waals surface area (Å²) in [5, 5.41) is 0. The fourth-order valence-electron chi connectivity index (χ4n) is 1.65. The monoisotopic (exact) mass is 276 g/mol. The first-order valence-corrected chi connectivity index (χ1v) is 7.68. The molecule has 0 aliphatic rings. The smallest absolute Gasteiger partial charge is 0.232 e. The van der Waals surface area contributed by atoms with E-state index in [2.05, 4.69) is 13.2 Å². The third kappa shape index (κ3) is 5.25. The lowest BCUT2D eigenvalue weighted by molar-refractivity contribution is -0.134. The lowest BCUT2D eigenvalue weighted by Crippen LogP contribution is -2.45. The minimum Gasteiger partial charge on any atom is -0.393 e. The van der Waals surface area contributed by atoms with Crippen LogP contribution in [0.3, 0.4) is 0 Å². The summed E-state index contributed by atoms with van der Waals surface area (Å²) in [4.78, 5) is 14.4. The summed E-state index contributed by atoms with van der Waals surface area (Å²) < 4.78 is 0. The van der Waals surface area contributed by atoms with E-state index in [0.717, 1.165) is 12.2 Å². The van der Waals surface area contributed by atoms with Gasteiger partial charge in [-0.1, -0.05) is 26.1 Å². The van der Waals surface area contributed by atoms with Crippen molar-refractivity contribution in [3.63, 3.8) is 0 Å². The fraction of sp³-hybridized carbons (Fsp3) is 0.833. The molecule has 5 heteroatoms. The summed E-state index contributed by atoms with van der Waals surface area (Å²) in [6, 6.07) is 0.227. The maximum absolute atomic E-state index is 12.3. The molecule has 0 saturated heterocycles. The van der Waals surface area contributed by atoms with Crippen LogP contribution in [-0.4, -0.2) is 40.9 Å². The number of carbonyl (C=O) groups is 1. The Morgan fingerprint density at radius 2 is 1.94 bits per heavy atom. The molecule has 17 heavy (non-hydrogen) atoms. The molecule has 2 N–H and O–H groups in total. The van der Waals surface area contributed by atoms with E-state index in [9.17, 15) is 4.79 Å². The molecule has 0 heterocycles. The van der Waals surface area contributed by atoms with E-state index in [4.69, 9.17) is 18.0 Å². The third-order valence-electron chi connectivity index (χ3n) is 2.99. The van der Waals surface area contributed by atoms with E-state index in [1.165, 1.54) is 0 Å². The molecular formula is C12H24N2OS2. The molecule has 100 valence electrons. The molecule has 0 aromatic carbocycles. The second-order valence-corrected chi connectivity index (χ2v) is 6.16. The van der Waals surface area contributed by atoms with Gasteiger partial charge in [0.15, 0.2) is 0 Å². The van der Waals surface area contributed by atoms with E-state index in [1.807, 2.05) is 20.9 Å². The molecule has 3 nitrogen and oxygen atoms in total. The molecule has 0 bridgehead atoms. The van der Waals surface area contributed by atoms with Crippen LogP contribution in [0, 0.1) is 11.8 Å². The quantitative estimate of drug-likeness (QED) is 0.724. The zero-order valence-corrected chi connectivity index (χ0v) is 13.0. The summed E-state index contributed by atoms with van der Waals surface area (Å²) in [6.45, 7) is 6.01. The topological polar surface area (TPSA) is 46.3 Å². The van der Waals surface area contributed by atoms with E-state index in [0.29, 0.717) is 4.99 Å². The average molecular weight is 276 g/mol. The standard InChI is InChI=1S/C12H24N2OS2/c1-8(2)10(11(13)16)12(15)14(4)9(3)6-7-17-5/h8-10H,6-7H2,1-5H3,(H2,13,16). The molecular weight excluding hydrogens is 252 g/mol. The molecule has 0 saturated carbocycles. The summed E-state index contributed by atoms with van der Waals surface area (Å²) >= 11 is 6.78. The molecule has 0 radical (unpaired) electrons. The van der Waals surface area contributed by atoms with E-state index >= 15 is 0 Å². The predicted molar refractivity (Wildman–Crippen MR) is 80.3 cm³/mol. The van der Waals surface area contributed by atoms with Crippen molar-refractivity contribution in [2.45, 2.75) is 33.2 Å². The van der Waals surface area contributed by atoms with Crippen molar-refractivity contribution in [2.75, 3.05) is 19.1 Å². The van der Waals surface area contributed by atoms with Gasteiger partial charge in [0.05, 0.1) is 10.9 Å². The minimum atomic E-state index is -0.341. The SMILES string of the molecule is CSCCC(C)N(C)C(=O)C(C(N)=S)C(C)C. The molecule has 0 rings (SSSR count). The van der Waals surface area contributed by atoms with Crippen LogP contribution in [0.25, 0.3) is 0 Å². The lowest BCUT2D eigenvalue weighted by Gasteiger charge is -2.30. The van der Waals surface area contributed by atoms with Gasteiger partial charge < -0.3 is 10.6 Å². The minimum absolute atomic E-state index is 0.0427.